The lowest BCUT2D eigenvalue weighted by Crippen LogP contribution is -2.43. The van der Waals surface area contributed by atoms with Gasteiger partial charge in [-0.2, -0.15) is 0 Å². The summed E-state index contributed by atoms with van der Waals surface area (Å²) in [6.07, 6.45) is 5.25. The van der Waals surface area contributed by atoms with Gasteiger partial charge in [-0.25, -0.2) is 0 Å². The molecule has 1 N–H and O–H groups in total. The first-order valence-electron chi connectivity index (χ1n) is 8.92. The fourth-order valence-corrected chi connectivity index (χ4v) is 2.77. The van der Waals surface area contributed by atoms with E-state index in [9.17, 15) is 4.79 Å². The van der Waals surface area contributed by atoms with Crippen LogP contribution < -0.4 is 10.1 Å². The van der Waals surface area contributed by atoms with E-state index in [-0.39, 0.29) is 5.91 Å². The zero-order valence-electron chi connectivity index (χ0n) is 15.6. The number of nitrogens with one attached hydrogen (secondary N) is 1. The van der Waals surface area contributed by atoms with Crippen molar-refractivity contribution >= 4 is 22.5 Å². The Hall–Kier alpha value is -2.14. The van der Waals surface area contributed by atoms with E-state index < -0.39 is 5.60 Å². The summed E-state index contributed by atoms with van der Waals surface area (Å²) in [6, 6.07) is 7.44. The molecule has 0 radical (unpaired) electrons. The number of hydrogen-bond donors (Lipinski definition) is 1. The average molecular weight is 344 g/mol. The maximum atomic E-state index is 13.0. The summed E-state index contributed by atoms with van der Waals surface area (Å²) in [5, 5.41) is 3.89. The van der Waals surface area contributed by atoms with Crippen LogP contribution in [-0.4, -0.2) is 30.2 Å². The second-order valence-electron chi connectivity index (χ2n) is 6.35. The van der Waals surface area contributed by atoms with Crippen molar-refractivity contribution in [1.29, 1.82) is 0 Å². The van der Waals surface area contributed by atoms with E-state index in [1.165, 1.54) is 0 Å². The molecule has 0 spiro atoms. The van der Waals surface area contributed by atoms with E-state index in [0.29, 0.717) is 18.8 Å². The number of pyridine rings is 1. The third kappa shape index (κ3) is 4.48. The lowest BCUT2D eigenvalue weighted by atomic mass is 9.97. The predicted molar refractivity (Wildman–Crippen MR) is 101 cm³/mol. The lowest BCUT2D eigenvalue weighted by Gasteiger charge is -2.29. The van der Waals surface area contributed by atoms with Gasteiger partial charge in [0.05, 0.1) is 12.8 Å². The first-order valence-corrected chi connectivity index (χ1v) is 8.92. The molecule has 1 atom stereocenters. The van der Waals surface area contributed by atoms with Gasteiger partial charge in [0.2, 0.25) is 0 Å². The van der Waals surface area contributed by atoms with Gasteiger partial charge in [-0.15, -0.1) is 0 Å². The summed E-state index contributed by atoms with van der Waals surface area (Å²) in [6.45, 7) is 6.59. The summed E-state index contributed by atoms with van der Waals surface area (Å²) in [4.78, 5) is 17.3. The van der Waals surface area contributed by atoms with Crippen LogP contribution in [0.4, 0.5) is 5.69 Å². The van der Waals surface area contributed by atoms with E-state index >= 15 is 0 Å². The predicted octanol–water partition coefficient (Wildman–Crippen LogP) is 4.56. The van der Waals surface area contributed by atoms with Gasteiger partial charge in [-0.1, -0.05) is 26.7 Å². The molecular weight excluding hydrogens is 316 g/mol. The Balaban J connectivity index is 2.30. The molecule has 136 valence electrons. The minimum atomic E-state index is -0.833. The summed E-state index contributed by atoms with van der Waals surface area (Å²) in [7, 11) is 1.61. The molecule has 1 aromatic carbocycles. The van der Waals surface area contributed by atoms with Gasteiger partial charge in [0.1, 0.15) is 16.9 Å². The number of ether oxygens (including phenoxy) is 2. The normalized spacial score (nSPS) is 13.4. The quantitative estimate of drug-likeness (QED) is 0.724. The SMILES string of the molecule is CCCC[C@@](C)(OCCC)C(=O)Nc1ccc(OC)c2ncccc12. The van der Waals surface area contributed by atoms with Gasteiger partial charge in [-0.3, -0.25) is 9.78 Å². The van der Waals surface area contributed by atoms with Crippen molar-refractivity contribution in [2.75, 3.05) is 19.0 Å². The smallest absolute Gasteiger partial charge is 0.256 e. The minimum Gasteiger partial charge on any atom is -0.494 e. The van der Waals surface area contributed by atoms with E-state index in [0.717, 1.165) is 35.9 Å². The number of amides is 1. The monoisotopic (exact) mass is 344 g/mol. The molecule has 0 bridgehead atoms. The maximum Gasteiger partial charge on any atom is 0.256 e. The fourth-order valence-electron chi connectivity index (χ4n) is 2.77. The zero-order valence-corrected chi connectivity index (χ0v) is 15.6. The number of benzene rings is 1. The fraction of sp³-hybridized carbons (Fsp3) is 0.500. The number of fused-ring (bicyclic) bond motifs is 1. The number of methoxy groups -OCH3 is 1. The van der Waals surface area contributed by atoms with Gasteiger partial charge in [0, 0.05) is 18.2 Å². The van der Waals surface area contributed by atoms with Crippen LogP contribution in [0.3, 0.4) is 0 Å². The molecule has 1 heterocycles. The summed E-state index contributed by atoms with van der Waals surface area (Å²) in [5.74, 6) is 0.564. The Morgan fingerprint density at radius 1 is 1.24 bits per heavy atom. The number of nitrogens with zero attached hydrogens (tertiary/aromatic N) is 1. The number of unbranched alkanes of at least 4 members (excludes halogenated alkanes) is 1. The number of aromatic nitrogens is 1. The van der Waals surface area contributed by atoms with E-state index in [4.69, 9.17) is 9.47 Å². The largest absolute Gasteiger partial charge is 0.494 e. The van der Waals surface area contributed by atoms with Crippen LogP contribution in [-0.2, 0) is 9.53 Å². The molecule has 0 saturated heterocycles. The Morgan fingerprint density at radius 2 is 2.04 bits per heavy atom. The molecule has 5 nitrogen and oxygen atoms in total. The second-order valence-corrected chi connectivity index (χ2v) is 6.35. The van der Waals surface area contributed by atoms with Crippen molar-refractivity contribution in [3.8, 4) is 5.75 Å². The van der Waals surface area contributed by atoms with Gasteiger partial charge in [0.15, 0.2) is 0 Å². The van der Waals surface area contributed by atoms with Crippen LogP contribution in [0.5, 0.6) is 5.75 Å². The van der Waals surface area contributed by atoms with Crippen molar-refractivity contribution in [2.24, 2.45) is 0 Å². The van der Waals surface area contributed by atoms with Gasteiger partial charge >= 0.3 is 0 Å². The maximum absolute atomic E-state index is 13.0. The highest BCUT2D eigenvalue weighted by molar-refractivity contribution is 6.05. The Labute approximate surface area is 149 Å². The van der Waals surface area contributed by atoms with E-state index in [1.54, 1.807) is 13.3 Å². The van der Waals surface area contributed by atoms with Gasteiger partial charge in [-0.05, 0) is 44.0 Å². The number of carbonyl (C=O) groups excluding carboxylic acids is 1. The molecule has 0 saturated carbocycles. The van der Waals surface area contributed by atoms with Crippen molar-refractivity contribution in [2.45, 2.75) is 52.1 Å². The van der Waals surface area contributed by atoms with Crippen LogP contribution in [0.2, 0.25) is 0 Å². The van der Waals surface area contributed by atoms with E-state index in [2.05, 4.69) is 17.2 Å². The summed E-state index contributed by atoms with van der Waals surface area (Å²) < 4.78 is 11.3. The molecule has 0 unspecified atom stereocenters. The van der Waals surface area contributed by atoms with Crippen molar-refractivity contribution < 1.29 is 14.3 Å². The molecule has 1 aromatic heterocycles. The Morgan fingerprint density at radius 3 is 2.72 bits per heavy atom. The summed E-state index contributed by atoms with van der Waals surface area (Å²) >= 11 is 0. The molecule has 0 fully saturated rings. The lowest BCUT2D eigenvalue weighted by molar-refractivity contribution is -0.140. The van der Waals surface area contributed by atoms with Crippen molar-refractivity contribution in [3.05, 3.63) is 30.5 Å². The molecule has 2 aromatic rings. The van der Waals surface area contributed by atoms with Gasteiger partial charge < -0.3 is 14.8 Å². The number of anilines is 1. The number of hydrogen-bond acceptors (Lipinski definition) is 4. The highest BCUT2D eigenvalue weighted by Gasteiger charge is 2.33. The topological polar surface area (TPSA) is 60.5 Å². The molecule has 2 rings (SSSR count). The third-order valence-electron chi connectivity index (χ3n) is 4.31. The highest BCUT2D eigenvalue weighted by Crippen LogP contribution is 2.31. The van der Waals surface area contributed by atoms with Crippen LogP contribution in [0, 0.1) is 0 Å². The molecule has 0 aliphatic rings. The van der Waals surface area contributed by atoms with Crippen LogP contribution in [0.25, 0.3) is 10.9 Å². The summed E-state index contributed by atoms with van der Waals surface area (Å²) in [5.41, 5.74) is 0.616. The third-order valence-corrected chi connectivity index (χ3v) is 4.31. The van der Waals surface area contributed by atoms with Crippen molar-refractivity contribution in [3.63, 3.8) is 0 Å². The zero-order chi connectivity index (χ0) is 18.3. The molecule has 1 amide bonds. The first-order chi connectivity index (χ1) is 12.1. The van der Waals surface area contributed by atoms with Gasteiger partial charge in [0.25, 0.3) is 5.91 Å². The molecule has 5 heteroatoms. The number of carbonyl (C=O) groups is 1. The Bertz CT molecular complexity index is 707. The second kappa shape index (κ2) is 8.81. The average Bonchev–Trinajstić information content (AvgIpc) is 2.65. The first kappa shape index (κ1) is 19.2. The van der Waals surface area contributed by atoms with Crippen molar-refractivity contribution in [1.82, 2.24) is 4.98 Å². The Kier molecular flexibility index (Phi) is 6.76. The molecule has 0 aliphatic heterocycles. The van der Waals surface area contributed by atoms with Crippen LogP contribution in [0.15, 0.2) is 30.5 Å². The molecule has 25 heavy (non-hydrogen) atoms. The number of rotatable bonds is 9. The molecule has 0 aliphatic carbocycles. The van der Waals surface area contributed by atoms with Crippen LogP contribution in [0.1, 0.15) is 46.5 Å². The molecular formula is C20H28N2O3. The van der Waals surface area contributed by atoms with Crippen LogP contribution >= 0.6 is 0 Å². The highest BCUT2D eigenvalue weighted by atomic mass is 16.5. The standard InChI is InChI=1S/C20H28N2O3/c1-5-7-12-20(3,25-14-6-2)19(23)22-16-10-11-17(24-4)18-15(16)9-8-13-21-18/h8-11,13H,5-7,12,14H2,1-4H3,(H,22,23)/t20-/m1/s1. The van der Waals surface area contributed by atoms with E-state index in [1.807, 2.05) is 38.1 Å². The minimum absolute atomic E-state index is 0.121.